The Labute approximate surface area is 170 Å². The van der Waals surface area contributed by atoms with Gasteiger partial charge in [0, 0.05) is 10.9 Å². The predicted molar refractivity (Wildman–Crippen MR) is 114 cm³/mol. The van der Waals surface area contributed by atoms with Gasteiger partial charge in [0.05, 0.1) is 22.6 Å². The number of amides is 1. The number of hydrogen-bond donors (Lipinski definition) is 1. The molecule has 140 valence electrons. The number of carbonyl (C=O) groups is 1. The first-order valence-corrected chi connectivity index (χ1v) is 9.87. The van der Waals surface area contributed by atoms with Gasteiger partial charge in [0.2, 0.25) is 5.91 Å². The fourth-order valence-corrected chi connectivity index (χ4v) is 4.20. The van der Waals surface area contributed by atoms with Gasteiger partial charge in [0.25, 0.3) is 5.56 Å². The third kappa shape index (κ3) is 3.56. The number of thiophene rings is 1. The molecule has 1 amide bonds. The molecule has 2 aromatic heterocycles. The zero-order valence-electron chi connectivity index (χ0n) is 15.0. The lowest BCUT2D eigenvalue weighted by molar-refractivity contribution is -0.116. The minimum atomic E-state index is -0.339. The number of nitrogens with zero attached hydrogens (tertiary/aromatic N) is 2. The standard InChI is InChI=1S/C21H16ClN3O2S/c1-13-7-8-17(16(22)9-13)24-18(26)10-25-12-23-19-15(11-28-20(19)21(25)27)14-5-3-2-4-6-14/h2-9,11-12H,10H2,1H3,(H,24,26). The molecule has 4 rings (SSSR count). The van der Waals surface area contributed by atoms with E-state index in [1.165, 1.54) is 22.2 Å². The zero-order chi connectivity index (χ0) is 19.7. The van der Waals surface area contributed by atoms with Gasteiger partial charge in [-0.1, -0.05) is 48.0 Å². The van der Waals surface area contributed by atoms with Gasteiger partial charge in [-0.15, -0.1) is 11.3 Å². The molecule has 4 aromatic rings. The molecule has 0 radical (unpaired) electrons. The lowest BCUT2D eigenvalue weighted by Crippen LogP contribution is -2.27. The van der Waals surface area contributed by atoms with Crippen LogP contribution in [-0.2, 0) is 11.3 Å². The average molecular weight is 410 g/mol. The molecule has 28 heavy (non-hydrogen) atoms. The number of fused-ring (bicyclic) bond motifs is 1. The molecule has 0 unspecified atom stereocenters. The predicted octanol–water partition coefficient (Wildman–Crippen LogP) is 4.73. The third-order valence-electron chi connectivity index (χ3n) is 4.34. The molecule has 7 heteroatoms. The van der Waals surface area contributed by atoms with E-state index < -0.39 is 0 Å². The second kappa shape index (κ2) is 7.58. The lowest BCUT2D eigenvalue weighted by atomic mass is 10.1. The van der Waals surface area contributed by atoms with E-state index >= 15 is 0 Å². The Morgan fingerprint density at radius 2 is 2.00 bits per heavy atom. The Hall–Kier alpha value is -2.96. The number of nitrogens with one attached hydrogen (secondary N) is 1. The van der Waals surface area contributed by atoms with Gasteiger partial charge >= 0.3 is 0 Å². The van der Waals surface area contributed by atoms with Crippen molar-refractivity contribution in [1.82, 2.24) is 9.55 Å². The van der Waals surface area contributed by atoms with E-state index in [0.29, 0.717) is 20.9 Å². The van der Waals surface area contributed by atoms with E-state index in [-0.39, 0.29) is 18.0 Å². The first kappa shape index (κ1) is 18.4. The summed E-state index contributed by atoms with van der Waals surface area (Å²) in [5, 5.41) is 5.12. The molecule has 0 saturated carbocycles. The Kier molecular flexibility index (Phi) is 4.98. The van der Waals surface area contributed by atoms with Crippen LogP contribution in [0.4, 0.5) is 5.69 Å². The molecule has 2 heterocycles. The SMILES string of the molecule is Cc1ccc(NC(=O)Cn2cnc3c(-c4ccccc4)csc3c2=O)c(Cl)c1. The molecule has 0 bridgehead atoms. The van der Waals surface area contributed by atoms with Crippen LogP contribution >= 0.6 is 22.9 Å². The van der Waals surface area contributed by atoms with E-state index in [1.54, 1.807) is 12.1 Å². The fraction of sp³-hybridized carbons (Fsp3) is 0.0952. The van der Waals surface area contributed by atoms with E-state index in [1.807, 2.05) is 48.7 Å². The van der Waals surface area contributed by atoms with Crippen LogP contribution in [0.5, 0.6) is 0 Å². The summed E-state index contributed by atoms with van der Waals surface area (Å²) in [5.41, 5.74) is 3.86. The van der Waals surface area contributed by atoms with Crippen LogP contribution in [0.15, 0.2) is 65.0 Å². The van der Waals surface area contributed by atoms with E-state index in [2.05, 4.69) is 10.3 Å². The molecule has 0 aliphatic carbocycles. The van der Waals surface area contributed by atoms with Crippen LogP contribution in [0.2, 0.25) is 5.02 Å². The first-order chi connectivity index (χ1) is 13.5. The Balaban J connectivity index is 1.60. The summed E-state index contributed by atoms with van der Waals surface area (Å²) in [5.74, 6) is -0.339. The van der Waals surface area contributed by atoms with Crippen LogP contribution in [0.25, 0.3) is 21.3 Å². The number of carbonyl (C=O) groups excluding carboxylic acids is 1. The van der Waals surface area contributed by atoms with E-state index in [4.69, 9.17) is 11.6 Å². The van der Waals surface area contributed by atoms with Crippen molar-refractivity contribution in [1.29, 1.82) is 0 Å². The van der Waals surface area contributed by atoms with Gasteiger partial charge in [-0.2, -0.15) is 0 Å². The van der Waals surface area contributed by atoms with Crippen LogP contribution in [0.3, 0.4) is 0 Å². The average Bonchev–Trinajstić information content (AvgIpc) is 3.12. The minimum Gasteiger partial charge on any atom is -0.323 e. The molecule has 0 atom stereocenters. The van der Waals surface area contributed by atoms with Gasteiger partial charge in [0.15, 0.2) is 0 Å². The molecule has 0 aliphatic rings. The molecule has 0 fully saturated rings. The van der Waals surface area contributed by atoms with Crippen molar-refractivity contribution in [3.8, 4) is 11.1 Å². The number of aromatic nitrogens is 2. The maximum Gasteiger partial charge on any atom is 0.271 e. The topological polar surface area (TPSA) is 64.0 Å². The van der Waals surface area contributed by atoms with Crippen molar-refractivity contribution in [3.63, 3.8) is 0 Å². The molecular weight excluding hydrogens is 394 g/mol. The van der Waals surface area contributed by atoms with Gasteiger partial charge < -0.3 is 5.32 Å². The molecule has 1 N–H and O–H groups in total. The lowest BCUT2D eigenvalue weighted by Gasteiger charge is -2.09. The summed E-state index contributed by atoms with van der Waals surface area (Å²) in [4.78, 5) is 29.6. The summed E-state index contributed by atoms with van der Waals surface area (Å²) in [7, 11) is 0. The minimum absolute atomic E-state index is 0.134. The summed E-state index contributed by atoms with van der Waals surface area (Å²) in [6, 6.07) is 15.2. The highest BCUT2D eigenvalue weighted by molar-refractivity contribution is 7.17. The number of benzene rings is 2. The van der Waals surface area contributed by atoms with Crippen molar-refractivity contribution in [2.45, 2.75) is 13.5 Å². The number of hydrogen-bond acceptors (Lipinski definition) is 4. The normalized spacial score (nSPS) is 10.9. The molecule has 0 aliphatic heterocycles. The first-order valence-electron chi connectivity index (χ1n) is 8.61. The van der Waals surface area contributed by atoms with Crippen molar-refractivity contribution in [2.75, 3.05) is 5.32 Å². The van der Waals surface area contributed by atoms with Crippen LogP contribution < -0.4 is 10.9 Å². The van der Waals surface area contributed by atoms with Gasteiger partial charge in [0.1, 0.15) is 11.2 Å². The van der Waals surface area contributed by atoms with Crippen LogP contribution in [0.1, 0.15) is 5.56 Å². The summed E-state index contributed by atoms with van der Waals surface area (Å²) in [6.45, 7) is 1.78. The highest BCUT2D eigenvalue weighted by Gasteiger charge is 2.14. The van der Waals surface area contributed by atoms with Crippen LogP contribution in [0, 0.1) is 6.92 Å². The Bertz CT molecular complexity index is 1230. The fourth-order valence-electron chi connectivity index (χ4n) is 2.94. The zero-order valence-corrected chi connectivity index (χ0v) is 16.6. The maximum atomic E-state index is 12.8. The van der Waals surface area contributed by atoms with Gasteiger partial charge in [-0.3, -0.25) is 14.2 Å². The van der Waals surface area contributed by atoms with Gasteiger partial charge in [-0.25, -0.2) is 4.98 Å². The smallest absolute Gasteiger partial charge is 0.271 e. The number of halogens is 1. The Morgan fingerprint density at radius 3 is 2.75 bits per heavy atom. The molecular formula is C21H16ClN3O2S. The monoisotopic (exact) mass is 409 g/mol. The second-order valence-electron chi connectivity index (χ2n) is 6.40. The molecule has 5 nitrogen and oxygen atoms in total. The molecule has 0 saturated heterocycles. The van der Waals surface area contributed by atoms with E-state index in [9.17, 15) is 9.59 Å². The summed E-state index contributed by atoms with van der Waals surface area (Å²) >= 11 is 7.49. The maximum absolute atomic E-state index is 12.8. The molecule has 2 aromatic carbocycles. The third-order valence-corrected chi connectivity index (χ3v) is 5.61. The number of aryl methyl sites for hydroxylation is 1. The van der Waals surface area contributed by atoms with Crippen molar-refractivity contribution in [2.24, 2.45) is 0 Å². The summed E-state index contributed by atoms with van der Waals surface area (Å²) in [6.07, 6.45) is 1.42. The van der Waals surface area contributed by atoms with Crippen molar-refractivity contribution in [3.05, 3.63) is 81.2 Å². The quantitative estimate of drug-likeness (QED) is 0.530. The van der Waals surface area contributed by atoms with E-state index in [0.717, 1.165) is 16.7 Å². The number of anilines is 1. The highest BCUT2D eigenvalue weighted by atomic mass is 35.5. The van der Waals surface area contributed by atoms with Gasteiger partial charge in [-0.05, 0) is 30.2 Å². The second-order valence-corrected chi connectivity index (χ2v) is 7.69. The summed E-state index contributed by atoms with van der Waals surface area (Å²) < 4.78 is 1.84. The highest BCUT2D eigenvalue weighted by Crippen LogP contribution is 2.30. The molecule has 0 spiro atoms. The largest absolute Gasteiger partial charge is 0.323 e. The number of rotatable bonds is 4. The van der Waals surface area contributed by atoms with Crippen molar-refractivity contribution < 1.29 is 4.79 Å². The Morgan fingerprint density at radius 1 is 1.21 bits per heavy atom. The van der Waals surface area contributed by atoms with Crippen molar-refractivity contribution >= 4 is 44.7 Å². The van der Waals surface area contributed by atoms with Crippen LogP contribution in [-0.4, -0.2) is 15.5 Å².